The lowest BCUT2D eigenvalue weighted by Crippen LogP contribution is -2.37. The quantitative estimate of drug-likeness (QED) is 0.911. The summed E-state index contributed by atoms with van der Waals surface area (Å²) in [4.78, 5) is 4.34. The summed E-state index contributed by atoms with van der Waals surface area (Å²) in [6.45, 7) is 3.08. The number of pyridine rings is 1. The van der Waals surface area contributed by atoms with Crippen LogP contribution >= 0.6 is 0 Å². The summed E-state index contributed by atoms with van der Waals surface area (Å²) < 4.78 is 32.5. The molecule has 0 fully saturated rings. The minimum Gasteiger partial charge on any atom is -0.481 e. The second-order valence-corrected chi connectivity index (χ2v) is 6.19. The summed E-state index contributed by atoms with van der Waals surface area (Å²) in [7, 11) is 1.62. The molecule has 0 aromatic carbocycles. The van der Waals surface area contributed by atoms with Gasteiger partial charge in [0, 0.05) is 22.8 Å². The fourth-order valence-corrected chi connectivity index (χ4v) is 3.83. The molecule has 0 aliphatic heterocycles. The maximum atomic E-state index is 13.9. The highest BCUT2D eigenvalue weighted by Gasteiger charge is 2.48. The van der Waals surface area contributed by atoms with Crippen molar-refractivity contribution in [2.45, 2.75) is 25.7 Å². The molecule has 0 bridgehead atoms. The van der Waals surface area contributed by atoms with E-state index < -0.39 is 6.67 Å². The molecule has 1 unspecified atom stereocenters. The van der Waals surface area contributed by atoms with E-state index in [0.717, 1.165) is 42.5 Å². The number of aromatic nitrogens is 1. The number of ether oxygens (including phenoxy) is 1. The van der Waals surface area contributed by atoms with E-state index in [1.807, 2.05) is 0 Å². The zero-order chi connectivity index (χ0) is 16.1. The van der Waals surface area contributed by atoms with Gasteiger partial charge in [-0.2, -0.15) is 0 Å². The summed E-state index contributed by atoms with van der Waals surface area (Å²) in [5, 5.41) is 3.22. The van der Waals surface area contributed by atoms with Crippen molar-refractivity contribution >= 4 is 5.69 Å². The fraction of sp³-hybridized carbons (Fsp3) is 0.389. The molecule has 5 heteroatoms. The maximum absolute atomic E-state index is 13.9. The Kier molecular flexibility index (Phi) is 3.25. The summed E-state index contributed by atoms with van der Waals surface area (Å²) in [6.07, 6.45) is 5.75. The fourth-order valence-electron chi connectivity index (χ4n) is 3.83. The standard InChI is InChI=1S/C18H18F2N2O/c1-9-14-12(7-19)17(15(14)16(9)20)22-13-8-21-18(23-2)11-6-4-3-5-10(11)13/h8,14,22H,1,3-7H2,2H3. The molecule has 4 rings (SSSR count). The van der Waals surface area contributed by atoms with Crippen LogP contribution in [0, 0.1) is 5.92 Å². The molecule has 3 nitrogen and oxygen atoms in total. The summed E-state index contributed by atoms with van der Waals surface area (Å²) in [5.41, 5.74) is 5.20. The zero-order valence-electron chi connectivity index (χ0n) is 13.0. The Morgan fingerprint density at radius 1 is 1.35 bits per heavy atom. The Labute approximate surface area is 133 Å². The smallest absolute Gasteiger partial charge is 0.216 e. The van der Waals surface area contributed by atoms with Crippen LogP contribution in [0.2, 0.25) is 0 Å². The number of nitrogens with one attached hydrogen (secondary N) is 1. The molecule has 23 heavy (non-hydrogen) atoms. The normalized spacial score (nSPS) is 22.2. The van der Waals surface area contributed by atoms with Gasteiger partial charge in [0.2, 0.25) is 5.88 Å². The number of allylic oxidation sites excluding steroid dienone is 4. The SMILES string of the molecule is C=C1C(F)=C2C(Nc3cnc(OC)c4c3CCCC4)=C(CF)C12. The lowest BCUT2D eigenvalue weighted by molar-refractivity contribution is 0.389. The molecule has 0 saturated carbocycles. The summed E-state index contributed by atoms with van der Waals surface area (Å²) in [5.74, 6) is 0.119. The highest BCUT2D eigenvalue weighted by molar-refractivity contribution is 5.75. The molecule has 1 atom stereocenters. The van der Waals surface area contributed by atoms with Crippen molar-refractivity contribution in [1.82, 2.24) is 4.98 Å². The molecule has 3 aliphatic carbocycles. The van der Waals surface area contributed by atoms with E-state index in [-0.39, 0.29) is 11.7 Å². The van der Waals surface area contributed by atoms with E-state index >= 15 is 0 Å². The van der Waals surface area contributed by atoms with Gasteiger partial charge in [0.1, 0.15) is 12.5 Å². The van der Waals surface area contributed by atoms with Gasteiger partial charge in [0.15, 0.2) is 0 Å². The molecule has 0 radical (unpaired) electrons. The van der Waals surface area contributed by atoms with Gasteiger partial charge >= 0.3 is 0 Å². The topological polar surface area (TPSA) is 34.2 Å². The number of methoxy groups -OCH3 is 1. The van der Waals surface area contributed by atoms with Gasteiger partial charge in [-0.1, -0.05) is 6.58 Å². The Balaban J connectivity index is 1.72. The van der Waals surface area contributed by atoms with Crippen molar-refractivity contribution in [1.29, 1.82) is 0 Å². The molecule has 1 N–H and O–H groups in total. The Morgan fingerprint density at radius 2 is 2.09 bits per heavy atom. The van der Waals surface area contributed by atoms with Crippen molar-refractivity contribution < 1.29 is 13.5 Å². The third kappa shape index (κ3) is 1.89. The van der Waals surface area contributed by atoms with Crippen LogP contribution in [0.4, 0.5) is 14.5 Å². The molecule has 1 heterocycles. The van der Waals surface area contributed by atoms with E-state index in [4.69, 9.17) is 4.74 Å². The average molecular weight is 316 g/mol. The van der Waals surface area contributed by atoms with Crippen LogP contribution in [0.5, 0.6) is 5.88 Å². The predicted octanol–water partition coefficient (Wildman–Crippen LogP) is 4.03. The van der Waals surface area contributed by atoms with E-state index in [1.54, 1.807) is 13.3 Å². The van der Waals surface area contributed by atoms with Gasteiger partial charge in [0.25, 0.3) is 0 Å². The minimum absolute atomic E-state index is 0.232. The number of rotatable bonds is 4. The van der Waals surface area contributed by atoms with E-state index in [1.165, 1.54) is 0 Å². The second-order valence-electron chi connectivity index (χ2n) is 6.19. The van der Waals surface area contributed by atoms with Gasteiger partial charge in [-0.25, -0.2) is 13.8 Å². The molecular formula is C18H18F2N2O. The number of hydrogen-bond acceptors (Lipinski definition) is 3. The summed E-state index contributed by atoms with van der Waals surface area (Å²) in [6, 6.07) is 0. The molecular weight excluding hydrogens is 298 g/mol. The first-order valence-electron chi connectivity index (χ1n) is 7.87. The summed E-state index contributed by atoms with van der Waals surface area (Å²) >= 11 is 0. The minimum atomic E-state index is -0.589. The first-order chi connectivity index (χ1) is 11.2. The second kappa shape index (κ2) is 5.18. The molecule has 0 saturated heterocycles. The number of anilines is 1. The Bertz CT molecular complexity index is 779. The van der Waals surface area contributed by atoms with Gasteiger partial charge in [-0.05, 0) is 42.4 Å². The van der Waals surface area contributed by atoms with Crippen molar-refractivity contribution in [3.8, 4) is 5.88 Å². The van der Waals surface area contributed by atoms with Gasteiger partial charge in [-0.3, -0.25) is 0 Å². The third-order valence-electron chi connectivity index (χ3n) is 5.05. The van der Waals surface area contributed by atoms with Crippen molar-refractivity contribution in [2.24, 2.45) is 5.92 Å². The molecule has 1 aromatic rings. The van der Waals surface area contributed by atoms with E-state index in [9.17, 15) is 8.78 Å². The number of fused-ring (bicyclic) bond motifs is 2. The van der Waals surface area contributed by atoms with Crippen LogP contribution in [0.25, 0.3) is 0 Å². The molecule has 120 valence electrons. The highest BCUT2D eigenvalue weighted by Crippen LogP contribution is 2.57. The largest absolute Gasteiger partial charge is 0.481 e. The highest BCUT2D eigenvalue weighted by atomic mass is 19.1. The van der Waals surface area contributed by atoms with Crippen molar-refractivity contribution in [3.63, 3.8) is 0 Å². The van der Waals surface area contributed by atoms with Crippen LogP contribution in [0.3, 0.4) is 0 Å². The molecule has 0 amide bonds. The molecule has 3 aliphatic rings. The number of halogens is 2. The lowest BCUT2D eigenvalue weighted by Gasteiger charge is -2.44. The average Bonchev–Trinajstić information content (AvgIpc) is 2.58. The van der Waals surface area contributed by atoms with Gasteiger partial charge in [-0.15, -0.1) is 0 Å². The van der Waals surface area contributed by atoms with Gasteiger partial charge in [0.05, 0.1) is 19.0 Å². The molecule has 0 spiro atoms. The van der Waals surface area contributed by atoms with Crippen LogP contribution in [0.1, 0.15) is 24.0 Å². The van der Waals surface area contributed by atoms with Crippen LogP contribution < -0.4 is 10.1 Å². The first kappa shape index (κ1) is 14.4. The maximum Gasteiger partial charge on any atom is 0.216 e. The Hall–Kier alpha value is -2.17. The van der Waals surface area contributed by atoms with E-state index in [0.29, 0.717) is 28.3 Å². The first-order valence-corrected chi connectivity index (χ1v) is 7.87. The van der Waals surface area contributed by atoms with Gasteiger partial charge < -0.3 is 10.1 Å². The number of hydrogen-bond donors (Lipinski definition) is 1. The number of nitrogens with zero attached hydrogens (tertiary/aromatic N) is 1. The monoisotopic (exact) mass is 316 g/mol. The zero-order valence-corrected chi connectivity index (χ0v) is 13.0. The predicted molar refractivity (Wildman–Crippen MR) is 84.8 cm³/mol. The lowest BCUT2D eigenvalue weighted by atomic mass is 9.63. The van der Waals surface area contributed by atoms with Crippen molar-refractivity contribution in [3.05, 3.63) is 52.1 Å². The van der Waals surface area contributed by atoms with Crippen molar-refractivity contribution in [2.75, 3.05) is 19.1 Å². The number of alkyl halides is 1. The van der Waals surface area contributed by atoms with Crippen LogP contribution in [-0.4, -0.2) is 18.8 Å². The Morgan fingerprint density at radius 3 is 2.78 bits per heavy atom. The van der Waals surface area contributed by atoms with Crippen LogP contribution in [-0.2, 0) is 12.8 Å². The van der Waals surface area contributed by atoms with E-state index in [2.05, 4.69) is 16.9 Å². The molecule has 1 aromatic heterocycles. The third-order valence-corrected chi connectivity index (χ3v) is 5.05. The van der Waals surface area contributed by atoms with Crippen LogP contribution in [0.15, 0.2) is 41.0 Å².